The lowest BCUT2D eigenvalue weighted by Crippen LogP contribution is -2.44. The van der Waals surface area contributed by atoms with E-state index in [9.17, 15) is 0 Å². The van der Waals surface area contributed by atoms with Crippen molar-refractivity contribution < 1.29 is 93.7 Å². The van der Waals surface area contributed by atoms with Gasteiger partial charge in [0.1, 0.15) is 128 Å². The maximum atomic E-state index is 6.60. The summed E-state index contributed by atoms with van der Waals surface area (Å²) in [5, 5.41) is 2.59. The van der Waals surface area contributed by atoms with Crippen molar-refractivity contribution in [3.63, 3.8) is 0 Å². The molecule has 0 radical (unpaired) electrons. The van der Waals surface area contributed by atoms with Gasteiger partial charge in [-0.1, -0.05) is 0 Å². The van der Waals surface area contributed by atoms with Gasteiger partial charge < -0.3 is 104 Å². The minimum absolute atomic E-state index is 0.250. The van der Waals surface area contributed by atoms with Crippen LogP contribution in [0, 0.1) is 0 Å². The molecule has 0 saturated carbocycles. The Bertz CT molecular complexity index is 3660. The minimum atomic E-state index is 0.250. The Hall–Kier alpha value is -7.84. The predicted molar refractivity (Wildman–Crippen MR) is 374 cm³/mol. The number of likely N-dealkylation sites (N-methyl/N-ethyl adjacent to an activating group) is 4. The molecule has 7 aromatic rings. The topological polar surface area (TPSA) is 257 Å². The van der Waals surface area contributed by atoms with Gasteiger partial charge in [-0.25, -0.2) is 29.9 Å². The molecule has 0 spiro atoms. The number of rotatable bonds is 0. The number of benzene rings is 4. The van der Waals surface area contributed by atoms with Crippen LogP contribution in [0.3, 0.4) is 0 Å². The van der Waals surface area contributed by atoms with Gasteiger partial charge in [-0.15, -0.1) is 0 Å². The minimum Gasteiger partial charge on any atom is -0.487 e. The summed E-state index contributed by atoms with van der Waals surface area (Å²) in [7, 11) is 17.4. The molecular weight excluding hydrogens is 1290 g/mol. The van der Waals surface area contributed by atoms with Gasteiger partial charge in [-0.2, -0.15) is 0 Å². The summed E-state index contributed by atoms with van der Waals surface area (Å²) in [6.07, 6.45) is 0. The van der Waals surface area contributed by atoms with Crippen LogP contribution in [0.2, 0.25) is 0 Å². The van der Waals surface area contributed by atoms with Crippen LogP contribution in [-0.2, 0) is 37.9 Å². The highest BCUT2D eigenvalue weighted by molar-refractivity contribution is 6.08. The second kappa shape index (κ2) is 32.0. The fourth-order valence-electron chi connectivity index (χ4n) is 12.2. The van der Waals surface area contributed by atoms with Crippen LogP contribution in [0.1, 0.15) is 0 Å². The van der Waals surface area contributed by atoms with Crippen molar-refractivity contribution >= 4 is 44.1 Å². The molecule has 3 aromatic heterocycles. The maximum absolute atomic E-state index is 6.60. The fraction of sp³-hybridized carbons (Fsp3) is 0.556. The van der Waals surface area contributed by atoms with Gasteiger partial charge in [0.15, 0.2) is 69.3 Å². The molecule has 28 nitrogen and oxygen atoms in total. The van der Waals surface area contributed by atoms with Crippen LogP contribution in [-0.4, -0.2) is 325 Å². The van der Waals surface area contributed by atoms with E-state index in [-0.39, 0.29) is 52.9 Å². The maximum Gasteiger partial charge on any atom is 0.164 e. The Labute approximate surface area is 582 Å². The van der Waals surface area contributed by atoms with Crippen LogP contribution in [0.15, 0.2) is 48.5 Å². The number of fused-ring (bicyclic) bond motifs is 24. The Balaban J connectivity index is 1.03. The molecule has 100 heavy (non-hydrogen) atoms. The van der Waals surface area contributed by atoms with E-state index in [1.165, 1.54) is 0 Å². The first-order chi connectivity index (χ1) is 48.5. The Morgan fingerprint density at radius 3 is 0.570 bits per heavy atom. The van der Waals surface area contributed by atoms with Crippen LogP contribution in [0.5, 0.6) is 46.0 Å². The van der Waals surface area contributed by atoms with E-state index >= 15 is 0 Å². The summed E-state index contributed by atoms with van der Waals surface area (Å²) < 4.78 is 105. The number of nitrogens with zero attached hydrogens (tertiary/aromatic N) is 10. The number of nitrogens with one attached hydrogen (secondary N) is 2. The van der Waals surface area contributed by atoms with Crippen molar-refractivity contribution in [1.29, 1.82) is 0 Å². The Kier molecular flexibility index (Phi) is 22.6. The van der Waals surface area contributed by atoms with Crippen molar-refractivity contribution in [3.8, 4) is 91.5 Å². The van der Waals surface area contributed by atoms with Crippen LogP contribution >= 0.6 is 0 Å². The largest absolute Gasteiger partial charge is 0.487 e. The lowest BCUT2D eigenvalue weighted by molar-refractivity contribution is -0.891. The molecule has 0 fully saturated rings. The molecule has 0 aliphatic carbocycles. The average Bonchev–Trinajstić information content (AvgIpc) is 1.59. The van der Waals surface area contributed by atoms with Crippen molar-refractivity contribution in [1.82, 2.24) is 39.9 Å². The highest BCUT2D eigenvalue weighted by Gasteiger charge is 2.30. The second-order valence-electron chi connectivity index (χ2n) is 28.2. The average molecular weight is 1390 g/mol. The number of aromatic nitrogens is 8. The van der Waals surface area contributed by atoms with Crippen molar-refractivity contribution in [2.75, 3.05) is 267 Å². The van der Waals surface area contributed by atoms with E-state index in [4.69, 9.17) is 106 Å². The van der Waals surface area contributed by atoms with Gasteiger partial charge in [0, 0.05) is 43.8 Å². The second-order valence-corrected chi connectivity index (χ2v) is 28.2. The van der Waals surface area contributed by atoms with E-state index in [0.29, 0.717) is 241 Å². The molecule has 0 atom stereocenters. The predicted octanol–water partition coefficient (Wildman–Crippen LogP) is 6.39. The normalized spacial score (nSPS) is 20.6. The summed E-state index contributed by atoms with van der Waals surface area (Å²) >= 11 is 0. The van der Waals surface area contributed by atoms with Gasteiger partial charge in [0.25, 0.3) is 0 Å². The van der Waals surface area contributed by atoms with Gasteiger partial charge in [0.05, 0.1) is 162 Å². The summed E-state index contributed by atoms with van der Waals surface area (Å²) in [6, 6.07) is 15.3. The summed E-state index contributed by atoms with van der Waals surface area (Å²) in [4.78, 5) is 39.8. The molecule has 9 heterocycles. The lowest BCUT2D eigenvalue weighted by Gasteiger charge is -2.29. The molecule has 538 valence electrons. The zero-order valence-electron chi connectivity index (χ0n) is 59.3. The number of hydrogen-bond donors (Lipinski definition) is 2. The molecular formula is C72H98N12O16+4. The molecule has 6 aliphatic heterocycles. The third kappa shape index (κ3) is 17.9. The van der Waals surface area contributed by atoms with E-state index in [0.717, 1.165) is 70.3 Å². The number of H-pyrrole nitrogens is 2. The summed E-state index contributed by atoms with van der Waals surface area (Å²) in [5.41, 5.74) is 4.10. The van der Waals surface area contributed by atoms with Gasteiger partial charge >= 0.3 is 0 Å². The van der Waals surface area contributed by atoms with Crippen LogP contribution < -0.4 is 37.9 Å². The van der Waals surface area contributed by atoms with Crippen LogP contribution in [0.4, 0.5) is 0 Å². The van der Waals surface area contributed by atoms with E-state index in [1.54, 1.807) is 0 Å². The number of aromatic amines is 2. The first-order valence-electron chi connectivity index (χ1n) is 35.0. The molecule has 28 heteroatoms. The number of ether oxygens (including phenoxy) is 16. The molecule has 8 bridgehead atoms. The fourth-order valence-corrected chi connectivity index (χ4v) is 12.2. The van der Waals surface area contributed by atoms with Crippen molar-refractivity contribution in [2.24, 2.45) is 0 Å². The zero-order valence-corrected chi connectivity index (χ0v) is 59.3. The van der Waals surface area contributed by atoms with E-state index in [1.807, 2.05) is 48.5 Å². The van der Waals surface area contributed by atoms with Gasteiger partial charge in [0.2, 0.25) is 0 Å². The number of hydrogen-bond acceptors (Lipinski definition) is 22. The van der Waals surface area contributed by atoms with Crippen molar-refractivity contribution in [2.45, 2.75) is 0 Å². The molecule has 0 amide bonds. The van der Waals surface area contributed by atoms with Gasteiger partial charge in [-0.3, -0.25) is 0 Å². The smallest absolute Gasteiger partial charge is 0.164 e. The van der Waals surface area contributed by atoms with Gasteiger partial charge in [-0.05, 0) is 48.5 Å². The Morgan fingerprint density at radius 2 is 0.390 bits per heavy atom. The molecule has 13 rings (SSSR count). The SMILES string of the molecule is C[N+]1(C)CCOCCOc2cc3c(cc2OCCOCC1)-c1nc-3nc2[nH]c(nc3nc(nc4[nH]c(n1)c1cc5c(cc41)OCCOCC[N+](C)(C)CCOCCO5)-c1cc4c(cc1-3)OCCOCC[N+](C)(C)CCOCCO4)c1cc3c(cc21)OCCOCC[N+](C)(C)CCOCCO3. The molecule has 6 aliphatic rings. The highest BCUT2D eigenvalue weighted by Crippen LogP contribution is 2.46. The van der Waals surface area contributed by atoms with Crippen molar-refractivity contribution in [3.05, 3.63) is 48.5 Å². The Morgan fingerprint density at radius 1 is 0.220 bits per heavy atom. The first-order valence-corrected chi connectivity index (χ1v) is 35.0. The highest BCUT2D eigenvalue weighted by atomic mass is 16.6. The van der Waals surface area contributed by atoms with E-state index < -0.39 is 0 Å². The molecule has 0 unspecified atom stereocenters. The monoisotopic (exact) mass is 1390 g/mol. The summed E-state index contributed by atoms with van der Waals surface area (Å²) in [5.74, 6) is 5.02. The standard InChI is InChI=1S/C72H98N12O16/c1-81(2)9-17-85-25-33-93-57-41-49-50(42-58(57)94-34-26-86-18-10-81)66-73-65(49)77-67-51-43-59-61(97-37-29-89-21-13-82(3,4)11-19-87-27-35-95-59)45-53(51)69(74-67)79-71-55-47-63-64(100-40-32-92-24-16-84(7,8)15-23-91-31-39-99-63)48-56(55)72(76-71)80-70-54-46-62-60(44-52(54)68(75-70)78-66)96-36-28-88-20-12-83(5,6)14-22-90-30-38-98-62/h41-48H,9-40H2,1-8H3,(H2,73,74,75,76,77,78,79,80)/q+4. The third-order valence-corrected chi connectivity index (χ3v) is 18.7. The first kappa shape index (κ1) is 70.6. The zero-order chi connectivity index (χ0) is 69.1. The molecule has 2 N–H and O–H groups in total. The molecule has 4 aromatic carbocycles. The van der Waals surface area contributed by atoms with Crippen LogP contribution in [0.25, 0.3) is 89.7 Å². The molecule has 0 saturated heterocycles. The quantitative estimate of drug-likeness (QED) is 0.156. The third-order valence-electron chi connectivity index (χ3n) is 18.7. The number of quaternary nitrogens is 4. The lowest BCUT2D eigenvalue weighted by atomic mass is 10.1. The summed E-state index contributed by atoms with van der Waals surface area (Å²) in [6.45, 7) is 15.8. The van der Waals surface area contributed by atoms with E-state index in [2.05, 4.69) is 66.3 Å².